The Labute approximate surface area is 170 Å². The molecule has 6 nitrogen and oxygen atoms in total. The Bertz CT molecular complexity index is 1130. The van der Waals surface area contributed by atoms with Gasteiger partial charge in [-0.2, -0.15) is 16.8 Å². The van der Waals surface area contributed by atoms with Gasteiger partial charge in [-0.3, -0.25) is 14.9 Å². The minimum atomic E-state index is -0.461. The van der Waals surface area contributed by atoms with Crippen LogP contribution in [0.5, 0.6) is 0 Å². The summed E-state index contributed by atoms with van der Waals surface area (Å²) >= 11 is 3.23. The molecule has 0 unspecified atom stereocenters. The predicted molar refractivity (Wildman–Crippen MR) is 116 cm³/mol. The van der Waals surface area contributed by atoms with Crippen molar-refractivity contribution in [2.24, 2.45) is 4.99 Å². The lowest BCUT2D eigenvalue weighted by atomic mass is 10.2. The number of hydrogen-bond acceptors (Lipinski definition) is 5. The van der Waals surface area contributed by atoms with E-state index in [1.165, 1.54) is 29.5 Å². The molecule has 1 heterocycles. The summed E-state index contributed by atoms with van der Waals surface area (Å²) in [5.74, 6) is 0.526. The molecule has 3 aromatic rings. The summed E-state index contributed by atoms with van der Waals surface area (Å²) < 4.78 is 3.16. The average Bonchev–Trinajstić information content (AvgIpc) is 3.00. The summed E-state index contributed by atoms with van der Waals surface area (Å²) in [6, 6.07) is 12.3. The van der Waals surface area contributed by atoms with Crippen LogP contribution in [-0.4, -0.2) is 27.4 Å². The number of nitro benzene ring substituents is 1. The molecule has 0 bridgehead atoms. The van der Waals surface area contributed by atoms with Crippen molar-refractivity contribution in [3.63, 3.8) is 0 Å². The van der Waals surface area contributed by atoms with Crippen LogP contribution in [0, 0.1) is 17.0 Å². The Morgan fingerprint density at radius 3 is 2.89 bits per heavy atom. The highest BCUT2D eigenvalue weighted by molar-refractivity contribution is 7.98. The second-order valence-corrected chi connectivity index (χ2v) is 8.13. The highest BCUT2D eigenvalue weighted by Gasteiger charge is 2.08. The van der Waals surface area contributed by atoms with Gasteiger partial charge in [-0.05, 0) is 42.5 Å². The number of aromatic nitrogens is 1. The van der Waals surface area contributed by atoms with Crippen LogP contribution in [0.4, 0.5) is 5.69 Å². The van der Waals surface area contributed by atoms with Crippen LogP contribution in [0.15, 0.2) is 53.5 Å². The Kier molecular flexibility index (Phi) is 6.43. The van der Waals surface area contributed by atoms with Crippen molar-refractivity contribution >= 4 is 51.0 Å². The Balaban J connectivity index is 1.93. The van der Waals surface area contributed by atoms with E-state index in [0.29, 0.717) is 10.4 Å². The zero-order valence-electron chi connectivity index (χ0n) is 15.5. The lowest BCUT2D eigenvalue weighted by Gasteiger charge is -2.03. The number of fused-ring (bicyclic) bond motifs is 1. The van der Waals surface area contributed by atoms with Gasteiger partial charge in [0, 0.05) is 30.5 Å². The van der Waals surface area contributed by atoms with E-state index in [2.05, 4.69) is 27.8 Å². The fourth-order valence-corrected chi connectivity index (χ4v) is 4.23. The van der Waals surface area contributed by atoms with Crippen molar-refractivity contribution in [1.29, 1.82) is 0 Å². The Morgan fingerprint density at radius 1 is 1.32 bits per heavy atom. The van der Waals surface area contributed by atoms with Crippen LogP contribution in [0.3, 0.4) is 0 Å². The molecule has 2 aromatic carbocycles. The molecule has 0 fully saturated rings. The summed E-state index contributed by atoms with van der Waals surface area (Å²) in [5.41, 5.74) is 2.80. The molecule has 0 saturated carbocycles. The quantitative estimate of drug-likeness (QED) is 0.340. The molecule has 0 spiro atoms. The molecule has 0 N–H and O–H groups in total. The fraction of sp³-hybridized carbons (Fsp3) is 0.200. The van der Waals surface area contributed by atoms with Gasteiger partial charge in [0.05, 0.1) is 15.1 Å². The number of hydrogen-bond donors (Lipinski definition) is 0. The van der Waals surface area contributed by atoms with E-state index in [-0.39, 0.29) is 5.69 Å². The molecular weight excluding hydrogens is 394 g/mol. The van der Waals surface area contributed by atoms with Crippen LogP contribution >= 0.6 is 23.1 Å². The van der Waals surface area contributed by atoms with Crippen molar-refractivity contribution in [1.82, 2.24) is 4.57 Å². The van der Waals surface area contributed by atoms with Gasteiger partial charge in [0.2, 0.25) is 0 Å². The van der Waals surface area contributed by atoms with Gasteiger partial charge in [-0.25, -0.2) is 0 Å². The van der Waals surface area contributed by atoms with Crippen molar-refractivity contribution in [2.75, 3.05) is 12.0 Å². The molecule has 1 amide bonds. The van der Waals surface area contributed by atoms with Crippen molar-refractivity contribution in [2.45, 2.75) is 13.5 Å². The molecule has 0 saturated heterocycles. The SMILES string of the molecule is CSCCn1c(=NC(=O)C=Cc2cccc([N+](=O)[O-])c2)sc2cc(C)ccc21. The van der Waals surface area contributed by atoms with Crippen molar-refractivity contribution in [3.8, 4) is 0 Å². The highest BCUT2D eigenvalue weighted by Crippen LogP contribution is 2.19. The third kappa shape index (κ3) is 4.76. The maximum atomic E-state index is 12.4. The summed E-state index contributed by atoms with van der Waals surface area (Å²) in [4.78, 5) is 27.7. The van der Waals surface area contributed by atoms with Crippen LogP contribution in [0.1, 0.15) is 11.1 Å². The first kappa shape index (κ1) is 20.0. The molecule has 1 aromatic heterocycles. The molecule has 0 aliphatic rings. The number of amides is 1. The van der Waals surface area contributed by atoms with Gasteiger partial charge in [-0.1, -0.05) is 29.5 Å². The Morgan fingerprint density at radius 2 is 2.14 bits per heavy atom. The number of nitro groups is 1. The number of thioether (sulfide) groups is 1. The summed E-state index contributed by atoms with van der Waals surface area (Å²) in [5, 5.41) is 10.9. The monoisotopic (exact) mass is 413 g/mol. The summed E-state index contributed by atoms with van der Waals surface area (Å²) in [7, 11) is 0. The number of benzene rings is 2. The van der Waals surface area contributed by atoms with Gasteiger partial charge in [0.1, 0.15) is 0 Å². The number of non-ortho nitro benzene ring substituents is 1. The minimum Gasteiger partial charge on any atom is -0.316 e. The van der Waals surface area contributed by atoms with Gasteiger partial charge in [0.15, 0.2) is 4.80 Å². The standard InChI is InChI=1S/C20H19N3O3S2/c1-14-6-8-17-18(12-14)28-20(22(17)10-11-27-2)21-19(24)9-7-15-4-3-5-16(13-15)23(25)26/h3-9,12-13H,10-11H2,1-2H3. The molecular formula is C20H19N3O3S2. The van der Waals surface area contributed by atoms with Crippen molar-refractivity contribution in [3.05, 3.63) is 74.6 Å². The number of thiazole rings is 1. The predicted octanol–water partition coefficient (Wildman–Crippen LogP) is 4.42. The van der Waals surface area contributed by atoms with Gasteiger partial charge >= 0.3 is 0 Å². The van der Waals surface area contributed by atoms with Gasteiger partial charge < -0.3 is 4.57 Å². The van der Waals surface area contributed by atoms with Crippen LogP contribution in [-0.2, 0) is 11.3 Å². The van der Waals surface area contributed by atoms with E-state index in [9.17, 15) is 14.9 Å². The second-order valence-electron chi connectivity index (χ2n) is 6.14. The number of rotatable bonds is 6. The first-order chi connectivity index (χ1) is 13.5. The molecule has 0 aliphatic heterocycles. The number of carbonyl (C=O) groups excluding carboxylic acids is 1. The summed E-state index contributed by atoms with van der Waals surface area (Å²) in [6.07, 6.45) is 4.93. The molecule has 0 aliphatic carbocycles. The van der Waals surface area contributed by atoms with E-state index in [1.807, 2.05) is 13.2 Å². The highest BCUT2D eigenvalue weighted by atomic mass is 32.2. The lowest BCUT2D eigenvalue weighted by molar-refractivity contribution is -0.384. The lowest BCUT2D eigenvalue weighted by Crippen LogP contribution is -2.17. The molecule has 0 atom stereocenters. The maximum Gasteiger partial charge on any atom is 0.272 e. The van der Waals surface area contributed by atoms with Crippen LogP contribution in [0.25, 0.3) is 16.3 Å². The number of aryl methyl sites for hydroxylation is 2. The van der Waals surface area contributed by atoms with E-state index >= 15 is 0 Å². The van der Waals surface area contributed by atoms with Gasteiger partial charge in [-0.15, -0.1) is 0 Å². The second kappa shape index (κ2) is 8.99. The zero-order valence-corrected chi connectivity index (χ0v) is 17.1. The van der Waals surface area contributed by atoms with E-state index in [0.717, 1.165) is 28.1 Å². The maximum absolute atomic E-state index is 12.4. The average molecular weight is 414 g/mol. The molecule has 28 heavy (non-hydrogen) atoms. The van der Waals surface area contributed by atoms with E-state index in [4.69, 9.17) is 0 Å². The van der Waals surface area contributed by atoms with Crippen LogP contribution < -0.4 is 4.80 Å². The number of carbonyl (C=O) groups is 1. The smallest absolute Gasteiger partial charge is 0.272 e. The fourth-order valence-electron chi connectivity index (χ4n) is 2.71. The van der Waals surface area contributed by atoms with Gasteiger partial charge in [0.25, 0.3) is 11.6 Å². The molecule has 144 valence electrons. The number of nitrogens with zero attached hydrogens (tertiary/aromatic N) is 3. The first-order valence-corrected chi connectivity index (χ1v) is 10.8. The minimum absolute atomic E-state index is 0.0127. The summed E-state index contributed by atoms with van der Waals surface area (Å²) in [6.45, 7) is 2.81. The zero-order chi connectivity index (χ0) is 20.1. The largest absolute Gasteiger partial charge is 0.316 e. The van der Waals surface area contributed by atoms with Crippen molar-refractivity contribution < 1.29 is 9.72 Å². The topological polar surface area (TPSA) is 77.5 Å². The van der Waals surface area contributed by atoms with E-state index < -0.39 is 10.8 Å². The molecule has 3 rings (SSSR count). The normalized spacial score (nSPS) is 12.1. The Hall–Kier alpha value is -2.71. The molecule has 0 radical (unpaired) electrons. The first-order valence-electron chi connectivity index (χ1n) is 8.58. The third-order valence-electron chi connectivity index (χ3n) is 4.06. The molecule has 8 heteroatoms. The third-order valence-corrected chi connectivity index (χ3v) is 5.69. The van der Waals surface area contributed by atoms with E-state index in [1.54, 1.807) is 30.0 Å². The van der Waals surface area contributed by atoms with Crippen LogP contribution in [0.2, 0.25) is 0 Å².